The zero-order chi connectivity index (χ0) is 11.5. The van der Waals surface area contributed by atoms with Crippen molar-refractivity contribution in [3.63, 3.8) is 0 Å². The van der Waals surface area contributed by atoms with E-state index in [-0.39, 0.29) is 12.3 Å². The van der Waals surface area contributed by atoms with Crippen LogP contribution in [0.3, 0.4) is 0 Å². The molecule has 0 aliphatic rings. The van der Waals surface area contributed by atoms with Crippen molar-refractivity contribution in [2.24, 2.45) is 0 Å². The predicted octanol–water partition coefficient (Wildman–Crippen LogP) is 2.09. The van der Waals surface area contributed by atoms with Crippen LogP contribution in [-0.4, -0.2) is 14.2 Å². The Balaban J connectivity index is 2.71. The van der Waals surface area contributed by atoms with Crippen LogP contribution in [0.15, 0.2) is 18.2 Å². The molecule has 0 atom stereocenters. The maximum atomic E-state index is 11.2. The second-order valence-electron chi connectivity index (χ2n) is 3.31. The molecule has 0 spiro atoms. The van der Waals surface area contributed by atoms with Crippen molar-refractivity contribution in [2.45, 2.75) is 20.4 Å². The van der Waals surface area contributed by atoms with Gasteiger partial charge in [-0.1, -0.05) is 23.7 Å². The van der Waals surface area contributed by atoms with E-state index in [0.29, 0.717) is 5.02 Å². The molecular formula is C10H14ClNO2S. The third kappa shape index (κ3) is 3.81. The second-order valence-corrected chi connectivity index (χ2v) is 5.81. The minimum atomic E-state index is -3.13. The van der Waals surface area contributed by atoms with E-state index in [2.05, 4.69) is 4.72 Å². The molecule has 5 heteroatoms. The van der Waals surface area contributed by atoms with Crippen molar-refractivity contribution in [3.05, 3.63) is 34.3 Å². The minimum absolute atomic E-state index is 0.0899. The summed E-state index contributed by atoms with van der Waals surface area (Å²) < 4.78 is 24.8. The fourth-order valence-corrected chi connectivity index (χ4v) is 1.84. The largest absolute Gasteiger partial charge is 0.212 e. The van der Waals surface area contributed by atoms with Crippen LogP contribution in [0, 0.1) is 6.92 Å². The zero-order valence-electron chi connectivity index (χ0n) is 8.75. The van der Waals surface area contributed by atoms with Crippen molar-refractivity contribution >= 4 is 21.6 Å². The van der Waals surface area contributed by atoms with Crippen molar-refractivity contribution < 1.29 is 8.42 Å². The van der Waals surface area contributed by atoms with Crippen molar-refractivity contribution in [1.82, 2.24) is 4.72 Å². The fraction of sp³-hybridized carbons (Fsp3) is 0.400. The lowest BCUT2D eigenvalue weighted by atomic mass is 10.1. The van der Waals surface area contributed by atoms with Crippen LogP contribution >= 0.6 is 11.6 Å². The van der Waals surface area contributed by atoms with E-state index >= 15 is 0 Å². The van der Waals surface area contributed by atoms with Gasteiger partial charge in [-0.15, -0.1) is 0 Å². The van der Waals surface area contributed by atoms with Crippen LogP contribution in [-0.2, 0) is 16.6 Å². The van der Waals surface area contributed by atoms with E-state index in [1.807, 2.05) is 19.1 Å². The standard InChI is InChI=1S/C10H14ClNO2S/c1-3-15(13,14)12-7-9-5-4-8(2)10(11)6-9/h4-6,12H,3,7H2,1-2H3. The molecule has 0 fully saturated rings. The molecule has 0 aromatic heterocycles. The van der Waals surface area contributed by atoms with Crippen molar-refractivity contribution in [1.29, 1.82) is 0 Å². The summed E-state index contributed by atoms with van der Waals surface area (Å²) in [6.07, 6.45) is 0. The molecule has 15 heavy (non-hydrogen) atoms. The summed E-state index contributed by atoms with van der Waals surface area (Å²) in [5.41, 5.74) is 1.85. The van der Waals surface area contributed by atoms with Gasteiger partial charge in [-0.3, -0.25) is 0 Å². The topological polar surface area (TPSA) is 46.2 Å². The normalized spacial score (nSPS) is 11.7. The summed E-state index contributed by atoms with van der Waals surface area (Å²) in [4.78, 5) is 0. The number of aryl methyl sites for hydroxylation is 1. The second kappa shape index (κ2) is 4.96. The summed E-state index contributed by atoms with van der Waals surface area (Å²) in [7, 11) is -3.13. The molecule has 0 saturated carbocycles. The summed E-state index contributed by atoms with van der Waals surface area (Å²) in [5.74, 6) is 0.0899. The van der Waals surface area contributed by atoms with E-state index in [4.69, 9.17) is 11.6 Å². The Labute approximate surface area is 95.5 Å². The van der Waals surface area contributed by atoms with Gasteiger partial charge >= 0.3 is 0 Å². The van der Waals surface area contributed by atoms with Gasteiger partial charge in [0.05, 0.1) is 5.75 Å². The Morgan fingerprint density at radius 1 is 1.40 bits per heavy atom. The van der Waals surface area contributed by atoms with Gasteiger partial charge in [0, 0.05) is 11.6 Å². The smallest absolute Gasteiger partial charge is 0.211 e. The van der Waals surface area contributed by atoms with Gasteiger partial charge in [-0.25, -0.2) is 13.1 Å². The number of nitrogens with one attached hydrogen (secondary N) is 1. The molecular weight excluding hydrogens is 234 g/mol. The van der Waals surface area contributed by atoms with Gasteiger partial charge in [0.15, 0.2) is 0 Å². The number of sulfonamides is 1. The molecule has 1 aromatic carbocycles. The first-order valence-corrected chi connectivity index (χ1v) is 6.70. The van der Waals surface area contributed by atoms with Gasteiger partial charge in [0.25, 0.3) is 0 Å². The molecule has 0 unspecified atom stereocenters. The van der Waals surface area contributed by atoms with Gasteiger partial charge < -0.3 is 0 Å². The summed E-state index contributed by atoms with van der Waals surface area (Å²) in [6, 6.07) is 5.51. The molecule has 0 amide bonds. The van der Waals surface area contributed by atoms with E-state index in [9.17, 15) is 8.42 Å². The van der Waals surface area contributed by atoms with E-state index in [0.717, 1.165) is 11.1 Å². The Morgan fingerprint density at radius 2 is 2.07 bits per heavy atom. The Bertz CT molecular complexity index is 443. The van der Waals surface area contributed by atoms with Crippen LogP contribution < -0.4 is 4.72 Å². The average Bonchev–Trinajstić information content (AvgIpc) is 2.20. The maximum Gasteiger partial charge on any atom is 0.211 e. The monoisotopic (exact) mass is 247 g/mol. The number of halogens is 1. The minimum Gasteiger partial charge on any atom is -0.212 e. The SMILES string of the molecule is CCS(=O)(=O)NCc1ccc(C)c(Cl)c1. The first-order chi connectivity index (χ1) is 6.94. The fourth-order valence-electron chi connectivity index (χ4n) is 1.04. The highest BCUT2D eigenvalue weighted by Gasteiger charge is 2.06. The highest BCUT2D eigenvalue weighted by atomic mass is 35.5. The van der Waals surface area contributed by atoms with Crippen molar-refractivity contribution in [3.8, 4) is 0 Å². The van der Waals surface area contributed by atoms with Crippen LogP contribution in [0.1, 0.15) is 18.1 Å². The Morgan fingerprint density at radius 3 is 2.60 bits per heavy atom. The Hall–Kier alpha value is -0.580. The maximum absolute atomic E-state index is 11.2. The molecule has 0 saturated heterocycles. The number of rotatable bonds is 4. The molecule has 0 bridgehead atoms. The molecule has 0 heterocycles. The summed E-state index contributed by atoms with van der Waals surface area (Å²) in [5, 5.41) is 0.656. The lowest BCUT2D eigenvalue weighted by molar-refractivity contribution is 0.582. The average molecular weight is 248 g/mol. The van der Waals surface area contributed by atoms with Gasteiger partial charge in [0.2, 0.25) is 10.0 Å². The third-order valence-corrected chi connectivity index (χ3v) is 3.86. The Kier molecular flexibility index (Phi) is 4.13. The zero-order valence-corrected chi connectivity index (χ0v) is 10.3. The number of benzene rings is 1. The first-order valence-electron chi connectivity index (χ1n) is 4.67. The number of hydrogen-bond acceptors (Lipinski definition) is 2. The van der Waals surface area contributed by atoms with Crippen molar-refractivity contribution in [2.75, 3.05) is 5.75 Å². The van der Waals surface area contributed by atoms with Crippen LogP contribution in [0.2, 0.25) is 5.02 Å². The highest BCUT2D eigenvalue weighted by molar-refractivity contribution is 7.89. The molecule has 0 radical (unpaired) electrons. The lowest BCUT2D eigenvalue weighted by Crippen LogP contribution is -2.24. The summed E-state index contributed by atoms with van der Waals surface area (Å²) in [6.45, 7) is 3.79. The molecule has 3 nitrogen and oxygen atoms in total. The third-order valence-electron chi connectivity index (χ3n) is 2.11. The van der Waals surface area contributed by atoms with Crippen LogP contribution in [0.25, 0.3) is 0 Å². The molecule has 1 rings (SSSR count). The number of hydrogen-bond donors (Lipinski definition) is 1. The van der Waals surface area contributed by atoms with Gasteiger partial charge in [-0.2, -0.15) is 0 Å². The molecule has 0 aliphatic heterocycles. The van der Waals surface area contributed by atoms with Gasteiger partial charge in [0.1, 0.15) is 0 Å². The summed E-state index contributed by atoms with van der Waals surface area (Å²) >= 11 is 5.92. The quantitative estimate of drug-likeness (QED) is 0.886. The van der Waals surface area contributed by atoms with Gasteiger partial charge in [-0.05, 0) is 31.0 Å². The lowest BCUT2D eigenvalue weighted by Gasteiger charge is -2.05. The molecule has 0 aliphatic carbocycles. The van der Waals surface area contributed by atoms with E-state index in [1.54, 1.807) is 13.0 Å². The highest BCUT2D eigenvalue weighted by Crippen LogP contribution is 2.16. The predicted molar refractivity (Wildman–Crippen MR) is 62.5 cm³/mol. The molecule has 84 valence electrons. The van der Waals surface area contributed by atoms with E-state index < -0.39 is 10.0 Å². The van der Waals surface area contributed by atoms with Crippen LogP contribution in [0.5, 0.6) is 0 Å². The van der Waals surface area contributed by atoms with E-state index in [1.165, 1.54) is 0 Å². The van der Waals surface area contributed by atoms with Crippen LogP contribution in [0.4, 0.5) is 0 Å². The molecule has 1 N–H and O–H groups in total. The molecule has 1 aromatic rings. The first kappa shape index (κ1) is 12.5.